The summed E-state index contributed by atoms with van der Waals surface area (Å²) in [5.41, 5.74) is 3.50. The first-order chi connectivity index (χ1) is 9.36. The number of hydrogen-bond acceptors (Lipinski definition) is 3. The molecule has 0 atom stereocenters. The molecule has 0 aliphatic rings. The molecule has 0 bridgehead atoms. The molecule has 2 aromatic rings. The van der Waals surface area contributed by atoms with Gasteiger partial charge in [0.15, 0.2) is 0 Å². The summed E-state index contributed by atoms with van der Waals surface area (Å²) < 4.78 is 0. The van der Waals surface area contributed by atoms with Crippen molar-refractivity contribution in [2.24, 2.45) is 0 Å². The number of nitrogens with zero attached hydrogens (tertiary/aromatic N) is 2. The highest BCUT2D eigenvalue weighted by molar-refractivity contribution is 5.60. The quantitative estimate of drug-likeness (QED) is 0.904. The number of rotatable bonds is 3. The van der Waals surface area contributed by atoms with Gasteiger partial charge in [-0.15, -0.1) is 10.2 Å². The maximum atomic E-state index is 4.28. The predicted octanol–water partition coefficient (Wildman–Crippen LogP) is 4.26. The van der Waals surface area contributed by atoms with E-state index >= 15 is 0 Å². The van der Waals surface area contributed by atoms with Gasteiger partial charge in [-0.25, -0.2) is 0 Å². The summed E-state index contributed by atoms with van der Waals surface area (Å²) >= 11 is 0. The van der Waals surface area contributed by atoms with Crippen LogP contribution in [0.3, 0.4) is 0 Å². The average Bonchev–Trinajstić information content (AvgIpc) is 2.38. The van der Waals surface area contributed by atoms with Gasteiger partial charge in [-0.3, -0.25) is 0 Å². The van der Waals surface area contributed by atoms with E-state index in [4.69, 9.17) is 0 Å². The van der Waals surface area contributed by atoms with Crippen molar-refractivity contribution in [1.82, 2.24) is 10.2 Å². The molecule has 0 saturated heterocycles. The van der Waals surface area contributed by atoms with Crippen molar-refractivity contribution in [3.63, 3.8) is 0 Å². The van der Waals surface area contributed by atoms with Crippen LogP contribution in [0.1, 0.15) is 40.2 Å². The molecule has 3 nitrogen and oxygen atoms in total. The molecule has 1 heterocycles. The molecule has 0 spiro atoms. The van der Waals surface area contributed by atoms with E-state index in [9.17, 15) is 0 Å². The monoisotopic (exact) mass is 269 g/mol. The number of benzene rings is 1. The molecule has 20 heavy (non-hydrogen) atoms. The van der Waals surface area contributed by atoms with E-state index in [1.165, 1.54) is 5.56 Å². The Hall–Kier alpha value is -1.90. The minimum absolute atomic E-state index is 0.176. The molecule has 106 valence electrons. The average molecular weight is 269 g/mol. The van der Waals surface area contributed by atoms with Crippen LogP contribution >= 0.6 is 0 Å². The van der Waals surface area contributed by atoms with E-state index in [0.717, 1.165) is 17.1 Å². The second-order valence-corrected chi connectivity index (χ2v) is 6.43. The SMILES string of the molecule is CC(C)Nc1ccc(-c2ccc(C(C)(C)C)cc2)nn1. The first-order valence-corrected chi connectivity index (χ1v) is 7.07. The zero-order valence-electron chi connectivity index (χ0n) is 12.9. The van der Waals surface area contributed by atoms with Crippen LogP contribution in [-0.4, -0.2) is 16.2 Å². The summed E-state index contributed by atoms with van der Waals surface area (Å²) in [6.45, 7) is 10.8. The molecule has 0 aliphatic heterocycles. The van der Waals surface area contributed by atoms with Crippen LogP contribution in [0.25, 0.3) is 11.3 Å². The second kappa shape index (κ2) is 5.61. The van der Waals surface area contributed by atoms with Crippen LogP contribution in [0.4, 0.5) is 5.82 Å². The zero-order chi connectivity index (χ0) is 14.8. The molecule has 1 N–H and O–H groups in total. The Labute approximate surface area is 121 Å². The fourth-order valence-electron chi connectivity index (χ4n) is 2.00. The maximum absolute atomic E-state index is 4.28. The number of anilines is 1. The van der Waals surface area contributed by atoms with Crippen LogP contribution in [-0.2, 0) is 5.41 Å². The van der Waals surface area contributed by atoms with E-state index < -0.39 is 0 Å². The molecular formula is C17H23N3. The van der Waals surface area contributed by atoms with Crippen LogP contribution in [0.5, 0.6) is 0 Å². The maximum Gasteiger partial charge on any atom is 0.148 e. The molecule has 1 aromatic carbocycles. The van der Waals surface area contributed by atoms with Gasteiger partial charge in [0.1, 0.15) is 5.82 Å². The fourth-order valence-corrected chi connectivity index (χ4v) is 2.00. The highest BCUT2D eigenvalue weighted by Gasteiger charge is 2.13. The Morgan fingerprint density at radius 3 is 2.00 bits per heavy atom. The minimum atomic E-state index is 0.176. The topological polar surface area (TPSA) is 37.8 Å². The summed E-state index contributed by atoms with van der Waals surface area (Å²) in [6.07, 6.45) is 0. The van der Waals surface area contributed by atoms with E-state index in [1.807, 2.05) is 12.1 Å². The second-order valence-electron chi connectivity index (χ2n) is 6.43. The van der Waals surface area contributed by atoms with Gasteiger partial charge < -0.3 is 5.32 Å². The molecule has 0 radical (unpaired) electrons. The Kier molecular flexibility index (Phi) is 4.07. The zero-order valence-corrected chi connectivity index (χ0v) is 12.9. The standard InChI is InChI=1S/C17H23N3/c1-12(2)18-16-11-10-15(19-20-16)13-6-8-14(9-7-13)17(3,4)5/h6-12H,1-5H3,(H,18,20). The molecule has 0 unspecified atom stereocenters. The fraction of sp³-hybridized carbons (Fsp3) is 0.412. The lowest BCUT2D eigenvalue weighted by atomic mass is 9.86. The largest absolute Gasteiger partial charge is 0.366 e. The molecule has 1 aromatic heterocycles. The van der Waals surface area contributed by atoms with Crippen molar-refractivity contribution in [2.45, 2.75) is 46.1 Å². The molecule has 0 amide bonds. The molecule has 0 fully saturated rings. The Bertz CT molecular complexity index is 548. The molecular weight excluding hydrogens is 246 g/mol. The Balaban J connectivity index is 2.19. The van der Waals surface area contributed by atoms with Gasteiger partial charge in [-0.2, -0.15) is 0 Å². The van der Waals surface area contributed by atoms with Gasteiger partial charge in [0, 0.05) is 11.6 Å². The van der Waals surface area contributed by atoms with Crippen molar-refractivity contribution < 1.29 is 0 Å². The lowest BCUT2D eigenvalue weighted by Gasteiger charge is -2.19. The normalized spacial score (nSPS) is 11.7. The van der Waals surface area contributed by atoms with Gasteiger partial charge in [-0.1, -0.05) is 45.0 Å². The van der Waals surface area contributed by atoms with E-state index in [2.05, 4.69) is 74.4 Å². The highest BCUT2D eigenvalue weighted by atomic mass is 15.2. The smallest absolute Gasteiger partial charge is 0.148 e. The number of nitrogens with one attached hydrogen (secondary N) is 1. The van der Waals surface area contributed by atoms with Gasteiger partial charge in [0.2, 0.25) is 0 Å². The lowest BCUT2D eigenvalue weighted by molar-refractivity contribution is 0.590. The first kappa shape index (κ1) is 14.5. The summed E-state index contributed by atoms with van der Waals surface area (Å²) in [4.78, 5) is 0. The van der Waals surface area contributed by atoms with Crippen LogP contribution in [0.15, 0.2) is 36.4 Å². The van der Waals surface area contributed by atoms with Crippen molar-refractivity contribution in [2.75, 3.05) is 5.32 Å². The molecule has 3 heteroatoms. The molecule has 0 aliphatic carbocycles. The van der Waals surface area contributed by atoms with E-state index in [1.54, 1.807) is 0 Å². The van der Waals surface area contributed by atoms with E-state index in [0.29, 0.717) is 6.04 Å². The third kappa shape index (κ3) is 3.56. The molecule has 2 rings (SSSR count). The van der Waals surface area contributed by atoms with Crippen molar-refractivity contribution in [3.05, 3.63) is 42.0 Å². The first-order valence-electron chi connectivity index (χ1n) is 7.07. The summed E-state index contributed by atoms with van der Waals surface area (Å²) in [5, 5.41) is 11.7. The van der Waals surface area contributed by atoms with Crippen molar-refractivity contribution in [3.8, 4) is 11.3 Å². The summed E-state index contributed by atoms with van der Waals surface area (Å²) in [5.74, 6) is 0.815. The van der Waals surface area contributed by atoms with Gasteiger partial charge in [-0.05, 0) is 37.0 Å². The number of aromatic nitrogens is 2. The van der Waals surface area contributed by atoms with Crippen molar-refractivity contribution >= 4 is 5.82 Å². The number of hydrogen-bond donors (Lipinski definition) is 1. The van der Waals surface area contributed by atoms with Crippen LogP contribution in [0, 0.1) is 0 Å². The third-order valence-electron chi connectivity index (χ3n) is 3.15. The predicted molar refractivity (Wildman–Crippen MR) is 84.9 cm³/mol. The van der Waals surface area contributed by atoms with Gasteiger partial charge >= 0.3 is 0 Å². The Morgan fingerprint density at radius 1 is 0.900 bits per heavy atom. The molecule has 0 saturated carbocycles. The lowest BCUT2D eigenvalue weighted by Crippen LogP contribution is -2.11. The minimum Gasteiger partial charge on any atom is -0.366 e. The van der Waals surface area contributed by atoms with Crippen LogP contribution < -0.4 is 5.32 Å². The van der Waals surface area contributed by atoms with Crippen LogP contribution in [0.2, 0.25) is 0 Å². The van der Waals surface area contributed by atoms with E-state index in [-0.39, 0.29) is 5.41 Å². The Morgan fingerprint density at radius 2 is 1.55 bits per heavy atom. The summed E-state index contributed by atoms with van der Waals surface area (Å²) in [6, 6.07) is 12.9. The van der Waals surface area contributed by atoms with Gasteiger partial charge in [0.25, 0.3) is 0 Å². The third-order valence-corrected chi connectivity index (χ3v) is 3.15. The summed E-state index contributed by atoms with van der Waals surface area (Å²) in [7, 11) is 0. The van der Waals surface area contributed by atoms with Gasteiger partial charge in [0.05, 0.1) is 5.69 Å². The van der Waals surface area contributed by atoms with Crippen molar-refractivity contribution in [1.29, 1.82) is 0 Å². The highest BCUT2D eigenvalue weighted by Crippen LogP contribution is 2.25.